The summed E-state index contributed by atoms with van der Waals surface area (Å²) < 4.78 is 22.0. The number of allylic oxidation sites excluding steroid dienone is 8. The van der Waals surface area contributed by atoms with Crippen molar-refractivity contribution in [3.8, 4) is 0 Å². The van der Waals surface area contributed by atoms with Crippen molar-refractivity contribution >= 4 is 20.3 Å². The first-order valence-corrected chi connectivity index (χ1v) is 25.5. The Balaban J connectivity index is 2.32. The maximum Gasteiger partial charge on any atom is 0.407 e. The molecule has 342 valence electrons. The molecule has 0 bridgehead atoms. The summed E-state index contributed by atoms with van der Waals surface area (Å²) in [6.07, 6.45) is 51.5. The summed E-state index contributed by atoms with van der Waals surface area (Å²) in [5.74, 6) is -0.0869. The Kier molecular flexibility index (Phi) is 38.3. The Morgan fingerprint density at radius 2 is 1.12 bits per heavy atom. The standard InChI is InChI=1S/C49H89N2O7P/c1-3-5-7-9-11-13-15-17-19-21-23-25-27-29-31-34-38-46(39-35-32-30-28-26-24-22-20-18-16-14-12-10-8-6-4-2)57-49(54)50-41-37-33-36-40-48(53)51-43-47(58-59(55)56)42-45(51)44-52/h11-14,17-20,45-47,52,59H,3-10,15-16,21-44H2,1-2H3,(H,50,54)(H,55,56)/b13-11-,14-12-,19-17-,20-18-/t45-,47+/m0/s1. The number of alkyl carbamates (subject to hydrolysis) is 1. The first-order chi connectivity index (χ1) is 28.9. The molecule has 1 heterocycles. The molecule has 0 aromatic carbocycles. The van der Waals surface area contributed by atoms with Gasteiger partial charge in [0.15, 0.2) is 0 Å². The van der Waals surface area contributed by atoms with Gasteiger partial charge in [0.2, 0.25) is 5.91 Å². The molecule has 1 aliphatic rings. The van der Waals surface area contributed by atoms with E-state index in [0.717, 1.165) is 51.4 Å². The molecule has 2 amide bonds. The van der Waals surface area contributed by atoms with Crippen LogP contribution in [0, 0.1) is 0 Å². The molecule has 0 radical (unpaired) electrons. The molecule has 9 nitrogen and oxygen atoms in total. The molecule has 0 spiro atoms. The molecule has 3 N–H and O–H groups in total. The Bertz CT molecular complexity index is 1100. The van der Waals surface area contributed by atoms with Gasteiger partial charge in [0.05, 0.1) is 18.8 Å². The lowest BCUT2D eigenvalue weighted by atomic mass is 10.0. The highest BCUT2D eigenvalue weighted by Gasteiger charge is 2.35. The molecule has 1 saturated heterocycles. The fourth-order valence-electron chi connectivity index (χ4n) is 7.67. The van der Waals surface area contributed by atoms with Crippen LogP contribution in [0.15, 0.2) is 48.6 Å². The van der Waals surface area contributed by atoms with Gasteiger partial charge in [0.25, 0.3) is 0 Å². The lowest BCUT2D eigenvalue weighted by Gasteiger charge is -2.22. The minimum atomic E-state index is -3.09. The molecule has 0 aromatic heterocycles. The number of hydrogen-bond acceptors (Lipinski definition) is 6. The molecule has 0 aliphatic carbocycles. The van der Waals surface area contributed by atoms with E-state index in [4.69, 9.17) is 14.2 Å². The Morgan fingerprint density at radius 1 is 0.661 bits per heavy atom. The molecule has 10 heteroatoms. The van der Waals surface area contributed by atoms with E-state index in [0.29, 0.717) is 25.8 Å². The second kappa shape index (κ2) is 41.2. The number of hydrogen-bond donors (Lipinski definition) is 3. The fourth-order valence-corrected chi connectivity index (χ4v) is 8.12. The van der Waals surface area contributed by atoms with Crippen molar-refractivity contribution in [1.29, 1.82) is 0 Å². The highest BCUT2D eigenvalue weighted by Crippen LogP contribution is 2.28. The minimum Gasteiger partial charge on any atom is -0.446 e. The zero-order valence-electron chi connectivity index (χ0n) is 37.8. The van der Waals surface area contributed by atoms with Gasteiger partial charge in [-0.1, -0.05) is 146 Å². The van der Waals surface area contributed by atoms with Crippen molar-refractivity contribution in [2.24, 2.45) is 0 Å². The summed E-state index contributed by atoms with van der Waals surface area (Å²) >= 11 is 0. The average molecular weight is 849 g/mol. The number of carbonyl (C=O) groups excluding carboxylic acids is 2. The smallest absolute Gasteiger partial charge is 0.407 e. The maximum absolute atomic E-state index is 12.8. The first kappa shape index (κ1) is 54.8. The molecule has 59 heavy (non-hydrogen) atoms. The topological polar surface area (TPSA) is 125 Å². The number of ether oxygens (including phenoxy) is 1. The monoisotopic (exact) mass is 849 g/mol. The van der Waals surface area contributed by atoms with Gasteiger partial charge in [0.1, 0.15) is 6.10 Å². The largest absolute Gasteiger partial charge is 0.446 e. The number of rotatable bonds is 40. The molecule has 0 saturated carbocycles. The van der Waals surface area contributed by atoms with Crippen molar-refractivity contribution < 1.29 is 33.4 Å². The fraction of sp³-hybridized carbons (Fsp3) is 0.796. The summed E-state index contributed by atoms with van der Waals surface area (Å²) in [7, 11) is -3.09. The van der Waals surface area contributed by atoms with Gasteiger partial charge in [-0.3, -0.25) is 9.36 Å². The summed E-state index contributed by atoms with van der Waals surface area (Å²) in [6.45, 7) is 5.02. The van der Waals surface area contributed by atoms with Gasteiger partial charge >= 0.3 is 14.3 Å². The van der Waals surface area contributed by atoms with Crippen LogP contribution in [0.4, 0.5) is 4.79 Å². The van der Waals surface area contributed by atoms with E-state index >= 15 is 0 Å². The number of aliphatic hydroxyl groups excluding tert-OH is 1. The predicted octanol–water partition coefficient (Wildman–Crippen LogP) is 13.4. The van der Waals surface area contributed by atoms with Crippen molar-refractivity contribution in [1.82, 2.24) is 10.2 Å². The maximum atomic E-state index is 12.8. The van der Waals surface area contributed by atoms with Gasteiger partial charge in [-0.25, -0.2) is 4.79 Å². The number of unbranched alkanes of at least 4 members (excludes halogenated alkanes) is 20. The number of nitrogens with zero attached hydrogens (tertiary/aromatic N) is 1. The zero-order valence-corrected chi connectivity index (χ0v) is 38.8. The molecular weight excluding hydrogens is 760 g/mol. The van der Waals surface area contributed by atoms with Crippen LogP contribution in [-0.4, -0.2) is 64.8 Å². The third kappa shape index (κ3) is 34.1. The Labute approximate surface area is 362 Å². The number of aliphatic hydroxyl groups is 1. The van der Waals surface area contributed by atoms with E-state index in [9.17, 15) is 19.3 Å². The molecule has 3 atom stereocenters. The van der Waals surface area contributed by atoms with Crippen LogP contribution in [0.1, 0.15) is 213 Å². The molecule has 1 unspecified atom stereocenters. The van der Waals surface area contributed by atoms with E-state index in [1.165, 1.54) is 128 Å². The molecule has 1 rings (SSSR count). The summed E-state index contributed by atoms with van der Waals surface area (Å²) in [6, 6.07) is -0.386. The van der Waals surface area contributed by atoms with E-state index < -0.39 is 14.4 Å². The summed E-state index contributed by atoms with van der Waals surface area (Å²) in [5.41, 5.74) is 0. The lowest BCUT2D eigenvalue weighted by molar-refractivity contribution is -0.133. The summed E-state index contributed by atoms with van der Waals surface area (Å²) in [5, 5.41) is 12.6. The number of nitrogens with one attached hydrogen (secondary N) is 1. The minimum absolute atomic E-state index is 0.0540. The average Bonchev–Trinajstić information content (AvgIpc) is 3.63. The first-order valence-electron chi connectivity index (χ1n) is 24.3. The van der Waals surface area contributed by atoms with Gasteiger partial charge in [-0.2, -0.15) is 0 Å². The van der Waals surface area contributed by atoms with Crippen LogP contribution in [0.25, 0.3) is 0 Å². The normalized spacial score (nSPS) is 16.5. The second-order valence-electron chi connectivity index (χ2n) is 16.6. The number of amides is 2. The quantitative estimate of drug-likeness (QED) is 0.0318. The van der Waals surface area contributed by atoms with Crippen LogP contribution >= 0.6 is 8.25 Å². The van der Waals surface area contributed by atoms with Crippen molar-refractivity contribution in [3.05, 3.63) is 48.6 Å². The Morgan fingerprint density at radius 3 is 1.59 bits per heavy atom. The van der Waals surface area contributed by atoms with Crippen molar-refractivity contribution in [2.45, 2.75) is 231 Å². The van der Waals surface area contributed by atoms with E-state index in [1.807, 2.05) is 0 Å². The highest BCUT2D eigenvalue weighted by molar-refractivity contribution is 7.32. The predicted molar refractivity (Wildman–Crippen MR) is 248 cm³/mol. The third-order valence-electron chi connectivity index (χ3n) is 11.2. The third-order valence-corrected chi connectivity index (χ3v) is 11.8. The molecule has 0 aromatic rings. The van der Waals surface area contributed by atoms with Crippen LogP contribution in [0.2, 0.25) is 0 Å². The van der Waals surface area contributed by atoms with Gasteiger partial charge in [-0.15, -0.1) is 0 Å². The van der Waals surface area contributed by atoms with Crippen LogP contribution < -0.4 is 5.32 Å². The number of likely N-dealkylation sites (tertiary alicyclic amines) is 1. The lowest BCUT2D eigenvalue weighted by Crippen LogP contribution is -2.37. The molecular formula is C49H89N2O7P. The zero-order chi connectivity index (χ0) is 42.9. The molecule has 1 aliphatic heterocycles. The van der Waals surface area contributed by atoms with Gasteiger partial charge in [0, 0.05) is 19.5 Å². The van der Waals surface area contributed by atoms with Gasteiger partial charge in [-0.05, 0) is 109 Å². The summed E-state index contributed by atoms with van der Waals surface area (Å²) in [4.78, 5) is 36.2. The van der Waals surface area contributed by atoms with Crippen LogP contribution in [-0.2, 0) is 18.6 Å². The van der Waals surface area contributed by atoms with Crippen LogP contribution in [0.5, 0.6) is 0 Å². The van der Waals surface area contributed by atoms with Crippen molar-refractivity contribution in [2.75, 3.05) is 19.7 Å². The van der Waals surface area contributed by atoms with E-state index in [-0.39, 0.29) is 37.3 Å². The highest BCUT2D eigenvalue weighted by atomic mass is 31.1. The second-order valence-corrected chi connectivity index (χ2v) is 17.4. The van der Waals surface area contributed by atoms with Gasteiger partial charge < -0.3 is 29.5 Å². The van der Waals surface area contributed by atoms with Crippen LogP contribution in [0.3, 0.4) is 0 Å². The SMILES string of the molecule is CCCCC/C=C\C/C=C\CCCCCCCCC(CCCCCCCC/C=C\C/C=C\CCCCC)OC(=O)NCCCCCC(=O)N1C[C@H](O[PH](=O)O)C[C@H]1CO. The Hall–Kier alpha value is -2.19. The molecule has 1 fully saturated rings. The van der Waals surface area contributed by atoms with Crippen molar-refractivity contribution in [3.63, 3.8) is 0 Å². The number of carbonyl (C=O) groups is 2. The van der Waals surface area contributed by atoms with E-state index in [2.05, 4.69) is 67.8 Å². The van der Waals surface area contributed by atoms with E-state index in [1.54, 1.807) is 4.90 Å².